The first-order valence-corrected chi connectivity index (χ1v) is 10.7. The Morgan fingerprint density at radius 2 is 1.96 bits per heavy atom. The lowest BCUT2D eigenvalue weighted by Gasteiger charge is -2.26. The number of nitrogens with zero attached hydrogens (tertiary/aromatic N) is 1. The molecule has 3 rings (SSSR count). The molecule has 4 nitrogen and oxygen atoms in total. The number of likely N-dealkylation sites (tertiary alicyclic amines) is 1. The molecule has 144 valence electrons. The van der Waals surface area contributed by atoms with E-state index in [-0.39, 0.29) is 5.91 Å². The van der Waals surface area contributed by atoms with Gasteiger partial charge in [0.25, 0.3) is 5.91 Å². The predicted molar refractivity (Wildman–Crippen MR) is 119 cm³/mol. The molecule has 2 aromatic carbocycles. The highest BCUT2D eigenvalue weighted by Gasteiger charge is 2.10. The Morgan fingerprint density at radius 3 is 2.74 bits per heavy atom. The van der Waals surface area contributed by atoms with Crippen LogP contribution in [-0.2, 0) is 0 Å². The number of anilines is 1. The molecule has 5 heteroatoms. The van der Waals surface area contributed by atoms with Gasteiger partial charge in [-0.05, 0) is 91.7 Å². The fourth-order valence-electron chi connectivity index (χ4n) is 3.26. The fourth-order valence-corrected chi connectivity index (χ4v) is 3.78. The van der Waals surface area contributed by atoms with Gasteiger partial charge in [-0.2, -0.15) is 0 Å². The van der Waals surface area contributed by atoms with Gasteiger partial charge in [0.1, 0.15) is 5.75 Å². The van der Waals surface area contributed by atoms with Crippen LogP contribution >= 0.6 is 22.6 Å². The Hall–Kier alpha value is -1.60. The third kappa shape index (κ3) is 6.21. The summed E-state index contributed by atoms with van der Waals surface area (Å²) in [5, 5.41) is 2.96. The molecule has 0 spiro atoms. The quantitative estimate of drug-likeness (QED) is 0.445. The first-order valence-electron chi connectivity index (χ1n) is 9.64. The third-order valence-corrected chi connectivity index (χ3v) is 6.02. The summed E-state index contributed by atoms with van der Waals surface area (Å²) in [6.07, 6.45) is 5.04. The summed E-state index contributed by atoms with van der Waals surface area (Å²) >= 11 is 2.25. The first-order chi connectivity index (χ1) is 13.1. The van der Waals surface area contributed by atoms with Crippen molar-refractivity contribution in [3.8, 4) is 5.75 Å². The molecule has 1 aliphatic rings. The summed E-state index contributed by atoms with van der Waals surface area (Å²) in [6.45, 7) is 6.28. The summed E-state index contributed by atoms with van der Waals surface area (Å²) in [5.74, 6) is 0.695. The maximum atomic E-state index is 12.5. The van der Waals surface area contributed by atoms with Crippen LogP contribution in [0.2, 0.25) is 0 Å². The smallest absolute Gasteiger partial charge is 0.255 e. The van der Waals surface area contributed by atoms with Crippen molar-refractivity contribution in [1.29, 1.82) is 0 Å². The van der Waals surface area contributed by atoms with E-state index in [1.54, 1.807) is 0 Å². The highest BCUT2D eigenvalue weighted by atomic mass is 127. The average molecular weight is 478 g/mol. The minimum absolute atomic E-state index is 0.102. The number of rotatable bonds is 7. The molecular weight excluding hydrogens is 451 g/mol. The van der Waals surface area contributed by atoms with Crippen LogP contribution < -0.4 is 10.1 Å². The van der Waals surface area contributed by atoms with E-state index in [4.69, 9.17) is 4.74 Å². The van der Waals surface area contributed by atoms with Crippen LogP contribution in [0.3, 0.4) is 0 Å². The number of ether oxygens (including phenoxy) is 1. The molecule has 0 radical (unpaired) electrons. The average Bonchev–Trinajstić information content (AvgIpc) is 2.68. The number of benzene rings is 2. The largest absolute Gasteiger partial charge is 0.493 e. The van der Waals surface area contributed by atoms with Crippen LogP contribution in [0, 0.1) is 10.5 Å². The van der Waals surface area contributed by atoms with E-state index in [9.17, 15) is 4.79 Å². The van der Waals surface area contributed by atoms with Crippen LogP contribution in [0.25, 0.3) is 0 Å². The van der Waals surface area contributed by atoms with Crippen LogP contribution in [0.15, 0.2) is 42.5 Å². The standard InChI is InChI=1S/C22H27IN2O2/c1-17-9-10-18(15-21(17)23)22(26)24-19-7-5-8-20(16-19)27-14-6-13-25-11-3-2-4-12-25/h5,7-10,15-16H,2-4,6,11-14H2,1H3,(H,24,26). The second kappa shape index (κ2) is 10.1. The van der Waals surface area contributed by atoms with Crippen molar-refractivity contribution >= 4 is 34.2 Å². The van der Waals surface area contributed by atoms with Crippen molar-refractivity contribution < 1.29 is 9.53 Å². The summed E-state index contributed by atoms with van der Waals surface area (Å²) in [5.41, 5.74) is 2.59. The number of carbonyl (C=O) groups is 1. The van der Waals surface area contributed by atoms with Gasteiger partial charge in [-0.15, -0.1) is 0 Å². The zero-order valence-electron chi connectivity index (χ0n) is 15.8. The topological polar surface area (TPSA) is 41.6 Å². The molecule has 0 unspecified atom stereocenters. The van der Waals surface area contributed by atoms with Gasteiger partial charge in [-0.3, -0.25) is 4.79 Å². The van der Waals surface area contributed by atoms with E-state index in [1.165, 1.54) is 37.9 Å². The van der Waals surface area contributed by atoms with E-state index in [2.05, 4.69) is 32.8 Å². The molecule has 0 atom stereocenters. The Bertz CT molecular complexity index is 773. The Labute approximate surface area is 175 Å². The minimum atomic E-state index is -0.102. The number of aryl methyl sites for hydroxylation is 1. The molecule has 1 heterocycles. The number of amides is 1. The van der Waals surface area contributed by atoms with Gasteiger partial charge in [-0.1, -0.05) is 18.6 Å². The fraction of sp³-hybridized carbons (Fsp3) is 0.409. The summed E-state index contributed by atoms with van der Waals surface area (Å²) in [6, 6.07) is 13.4. The molecule has 1 aliphatic heterocycles. The normalized spacial score (nSPS) is 14.7. The van der Waals surface area contributed by atoms with Gasteiger partial charge < -0.3 is 15.0 Å². The molecular formula is C22H27IN2O2. The lowest BCUT2D eigenvalue weighted by atomic mass is 10.1. The highest BCUT2D eigenvalue weighted by molar-refractivity contribution is 14.1. The Morgan fingerprint density at radius 1 is 1.15 bits per heavy atom. The highest BCUT2D eigenvalue weighted by Crippen LogP contribution is 2.20. The van der Waals surface area contributed by atoms with Gasteiger partial charge in [0.15, 0.2) is 0 Å². The molecule has 1 amide bonds. The molecule has 1 N–H and O–H groups in total. The van der Waals surface area contributed by atoms with Gasteiger partial charge in [-0.25, -0.2) is 0 Å². The van der Waals surface area contributed by atoms with Crippen molar-refractivity contribution in [2.24, 2.45) is 0 Å². The maximum Gasteiger partial charge on any atom is 0.255 e. The molecule has 2 aromatic rings. The zero-order chi connectivity index (χ0) is 19.1. The van der Waals surface area contributed by atoms with Gasteiger partial charge in [0.05, 0.1) is 6.61 Å². The summed E-state index contributed by atoms with van der Waals surface area (Å²) < 4.78 is 6.97. The second-order valence-corrected chi connectivity index (χ2v) is 8.21. The predicted octanol–water partition coefficient (Wildman–Crippen LogP) is 5.11. The molecule has 1 fully saturated rings. The minimum Gasteiger partial charge on any atom is -0.493 e. The molecule has 0 aliphatic carbocycles. The maximum absolute atomic E-state index is 12.5. The number of nitrogens with one attached hydrogen (secondary N) is 1. The van der Waals surface area contributed by atoms with Crippen LogP contribution in [0.5, 0.6) is 5.75 Å². The SMILES string of the molecule is Cc1ccc(C(=O)Nc2cccc(OCCCN3CCCCC3)c2)cc1I. The van der Waals surface area contributed by atoms with Crippen molar-refractivity contribution in [3.05, 3.63) is 57.2 Å². The third-order valence-electron chi connectivity index (χ3n) is 4.86. The second-order valence-electron chi connectivity index (χ2n) is 7.05. The lowest BCUT2D eigenvalue weighted by molar-refractivity contribution is 0.102. The van der Waals surface area contributed by atoms with Gasteiger partial charge in [0, 0.05) is 27.4 Å². The van der Waals surface area contributed by atoms with Crippen LogP contribution in [0.1, 0.15) is 41.6 Å². The van der Waals surface area contributed by atoms with E-state index in [0.29, 0.717) is 12.2 Å². The first kappa shape index (κ1) is 20.1. The van der Waals surface area contributed by atoms with Gasteiger partial charge in [0.2, 0.25) is 0 Å². The molecule has 27 heavy (non-hydrogen) atoms. The monoisotopic (exact) mass is 478 g/mol. The van der Waals surface area contributed by atoms with Crippen molar-refractivity contribution in [1.82, 2.24) is 4.90 Å². The lowest BCUT2D eigenvalue weighted by Crippen LogP contribution is -2.31. The number of hydrogen-bond donors (Lipinski definition) is 1. The van der Waals surface area contributed by atoms with Crippen molar-refractivity contribution in [3.63, 3.8) is 0 Å². The number of piperidine rings is 1. The van der Waals surface area contributed by atoms with Crippen LogP contribution in [-0.4, -0.2) is 37.0 Å². The summed E-state index contributed by atoms with van der Waals surface area (Å²) in [4.78, 5) is 15.0. The van der Waals surface area contributed by atoms with Crippen molar-refractivity contribution in [2.75, 3.05) is 31.6 Å². The Balaban J connectivity index is 1.49. The molecule has 0 aromatic heterocycles. The van der Waals surface area contributed by atoms with Crippen molar-refractivity contribution in [2.45, 2.75) is 32.6 Å². The molecule has 0 bridgehead atoms. The van der Waals surface area contributed by atoms with Crippen LogP contribution in [0.4, 0.5) is 5.69 Å². The zero-order valence-corrected chi connectivity index (χ0v) is 18.0. The number of hydrogen-bond acceptors (Lipinski definition) is 3. The summed E-state index contributed by atoms with van der Waals surface area (Å²) in [7, 11) is 0. The Kier molecular flexibility index (Phi) is 7.52. The molecule has 1 saturated heterocycles. The van der Waals surface area contributed by atoms with E-state index >= 15 is 0 Å². The van der Waals surface area contributed by atoms with E-state index in [1.807, 2.05) is 49.4 Å². The van der Waals surface area contributed by atoms with E-state index < -0.39 is 0 Å². The van der Waals surface area contributed by atoms with Gasteiger partial charge >= 0.3 is 0 Å². The number of carbonyl (C=O) groups excluding carboxylic acids is 1. The molecule has 0 saturated carbocycles. The number of halogens is 1. The van der Waals surface area contributed by atoms with E-state index in [0.717, 1.165) is 28.0 Å².